The maximum Gasteiger partial charge on any atom is 0.308 e. The average molecular weight is 637 g/mol. The van der Waals surface area contributed by atoms with E-state index in [1.807, 2.05) is 50.2 Å². The molecule has 0 radical (unpaired) electrons. The fourth-order valence-corrected chi connectivity index (χ4v) is 11.0. The van der Waals surface area contributed by atoms with Gasteiger partial charge in [0.25, 0.3) is 0 Å². The van der Waals surface area contributed by atoms with Crippen LogP contribution in [0.1, 0.15) is 76.5 Å². The maximum atomic E-state index is 14.4. The molecule has 7 rings (SSSR count). The Bertz CT molecular complexity index is 1610. The molecule has 5 atom stereocenters. The molecule has 0 N–H and O–H groups in total. The topological polar surface area (TPSA) is 102 Å². The van der Waals surface area contributed by atoms with Crippen LogP contribution in [0.3, 0.4) is 0 Å². The first-order valence-electron chi connectivity index (χ1n) is 16.4. The highest BCUT2D eigenvalue weighted by molar-refractivity contribution is 7.88. The van der Waals surface area contributed by atoms with Crippen LogP contribution < -0.4 is 9.47 Å². The lowest BCUT2D eigenvalue weighted by atomic mass is 9.48. The van der Waals surface area contributed by atoms with E-state index in [0.717, 1.165) is 29.8 Å². The Kier molecular flexibility index (Phi) is 7.56. The predicted molar refractivity (Wildman–Crippen MR) is 168 cm³/mol. The zero-order valence-corrected chi connectivity index (χ0v) is 27.5. The Labute approximate surface area is 266 Å². The van der Waals surface area contributed by atoms with E-state index in [1.165, 1.54) is 26.7 Å². The highest BCUT2D eigenvalue weighted by Crippen LogP contribution is 2.67. The summed E-state index contributed by atoms with van der Waals surface area (Å²) in [6.07, 6.45) is 4.17. The zero-order chi connectivity index (χ0) is 31.7. The number of carbonyl (C=O) groups excluding carboxylic acids is 2. The molecular weight excluding hydrogens is 592 g/mol. The molecule has 1 spiro atoms. The van der Waals surface area contributed by atoms with Crippen molar-refractivity contribution >= 4 is 22.0 Å². The van der Waals surface area contributed by atoms with Gasteiger partial charge in [0.1, 0.15) is 11.7 Å². The highest BCUT2D eigenvalue weighted by Gasteiger charge is 2.76. The number of piperidine rings is 1. The molecule has 2 aromatic rings. The van der Waals surface area contributed by atoms with Crippen molar-refractivity contribution in [2.24, 2.45) is 11.8 Å². The predicted octanol–water partition coefficient (Wildman–Crippen LogP) is 4.60. The average Bonchev–Trinajstić information content (AvgIpc) is 3.71. The maximum absolute atomic E-state index is 14.4. The number of likely N-dealkylation sites (tertiary alicyclic amines) is 1. The van der Waals surface area contributed by atoms with E-state index < -0.39 is 39.2 Å². The van der Waals surface area contributed by atoms with E-state index >= 15 is 0 Å². The summed E-state index contributed by atoms with van der Waals surface area (Å²) in [4.78, 5) is 27.8. The SMILES string of the molecule is CC(=O)Oc1ccc2c3c1O[C@H]1[C@@H](N(CC(C)C)S(=O)(=O)Cc4ccccc4)CC[C@@]4(OC(C)=O)[C@@H](C2)N(CC2CC2)CC[C@]314. The molecule has 2 saturated carbocycles. The number of rotatable bonds is 10. The van der Waals surface area contributed by atoms with Crippen LogP contribution >= 0.6 is 0 Å². The van der Waals surface area contributed by atoms with Crippen molar-refractivity contribution in [2.75, 3.05) is 19.6 Å². The van der Waals surface area contributed by atoms with Gasteiger partial charge in [-0.25, -0.2) is 8.42 Å². The standard InChI is InChI=1S/C35H44N2O7S/c1-22(2)19-37(45(40,41)21-26-8-6-5-7-9-26)28-14-15-35(44-24(4)39)30-18-27-12-13-29(42-23(3)38)32-31(27)34(35,33(28)43-32)16-17-36(30)20-25-10-11-25/h5-9,12-13,22,25,28,30,33H,10-11,14-21H2,1-4H3/t28-,30+,33-,34-,35+/m0/s1. The van der Waals surface area contributed by atoms with Gasteiger partial charge in [0.15, 0.2) is 11.5 Å². The van der Waals surface area contributed by atoms with Crippen LogP contribution in [0.4, 0.5) is 0 Å². The minimum atomic E-state index is -3.78. The smallest absolute Gasteiger partial charge is 0.308 e. The van der Waals surface area contributed by atoms with E-state index in [-0.39, 0.29) is 23.7 Å². The van der Waals surface area contributed by atoms with E-state index in [1.54, 1.807) is 10.4 Å². The molecule has 10 heteroatoms. The van der Waals surface area contributed by atoms with Crippen molar-refractivity contribution in [1.29, 1.82) is 0 Å². The Balaban J connectivity index is 1.39. The normalized spacial score (nSPS) is 30.1. The Morgan fingerprint density at radius 3 is 2.47 bits per heavy atom. The number of hydrogen-bond acceptors (Lipinski definition) is 8. The second kappa shape index (κ2) is 11.1. The first-order chi connectivity index (χ1) is 21.4. The van der Waals surface area contributed by atoms with Gasteiger partial charge in [-0.3, -0.25) is 14.5 Å². The van der Waals surface area contributed by atoms with Gasteiger partial charge in [0.05, 0.1) is 23.3 Å². The van der Waals surface area contributed by atoms with Crippen LogP contribution in [0, 0.1) is 11.8 Å². The number of ether oxygens (including phenoxy) is 3. The largest absolute Gasteiger partial charge is 0.483 e. The van der Waals surface area contributed by atoms with E-state index in [2.05, 4.69) is 4.90 Å². The third kappa shape index (κ3) is 4.99. The number of hydrogen-bond donors (Lipinski definition) is 0. The van der Waals surface area contributed by atoms with Gasteiger partial charge in [0, 0.05) is 32.5 Å². The van der Waals surface area contributed by atoms with Crippen LogP contribution in [-0.2, 0) is 41.9 Å². The van der Waals surface area contributed by atoms with Crippen LogP contribution in [0.2, 0.25) is 0 Å². The Morgan fingerprint density at radius 1 is 1.04 bits per heavy atom. The second-order valence-corrected chi connectivity index (χ2v) is 16.2. The van der Waals surface area contributed by atoms with Crippen LogP contribution in [0.25, 0.3) is 0 Å². The molecular formula is C35H44N2O7S. The molecule has 2 heterocycles. The summed E-state index contributed by atoms with van der Waals surface area (Å²) < 4.78 is 49.7. The van der Waals surface area contributed by atoms with Gasteiger partial charge < -0.3 is 14.2 Å². The van der Waals surface area contributed by atoms with E-state index in [4.69, 9.17) is 14.2 Å². The van der Waals surface area contributed by atoms with Gasteiger partial charge in [-0.15, -0.1) is 0 Å². The van der Waals surface area contributed by atoms with Crippen molar-refractivity contribution in [2.45, 2.75) is 101 Å². The van der Waals surface area contributed by atoms with Gasteiger partial charge in [-0.2, -0.15) is 4.31 Å². The Hall–Kier alpha value is -2.95. The molecule has 1 saturated heterocycles. The molecule has 2 aromatic carbocycles. The molecule has 0 amide bonds. The van der Waals surface area contributed by atoms with Gasteiger partial charge in [0.2, 0.25) is 10.0 Å². The third-order valence-corrected chi connectivity index (χ3v) is 12.6. The third-order valence-electron chi connectivity index (χ3n) is 10.7. The van der Waals surface area contributed by atoms with Gasteiger partial charge in [-0.05, 0) is 74.1 Å². The fraction of sp³-hybridized carbons (Fsp3) is 0.600. The summed E-state index contributed by atoms with van der Waals surface area (Å²) >= 11 is 0. The number of carbonyl (C=O) groups is 2. The van der Waals surface area contributed by atoms with Crippen molar-refractivity contribution in [1.82, 2.24) is 9.21 Å². The van der Waals surface area contributed by atoms with Gasteiger partial charge >= 0.3 is 11.9 Å². The first kappa shape index (κ1) is 30.7. The van der Waals surface area contributed by atoms with Crippen molar-refractivity contribution < 1.29 is 32.2 Å². The molecule has 2 aliphatic heterocycles. The summed E-state index contributed by atoms with van der Waals surface area (Å²) in [7, 11) is -3.78. The molecule has 2 bridgehead atoms. The number of sulfonamides is 1. The number of nitrogens with zero attached hydrogens (tertiary/aromatic N) is 2. The molecule has 3 fully saturated rings. The number of benzene rings is 2. The minimum absolute atomic E-state index is 0.0553. The van der Waals surface area contributed by atoms with Crippen LogP contribution in [0.5, 0.6) is 11.5 Å². The summed E-state index contributed by atoms with van der Waals surface area (Å²) in [5, 5.41) is 0. The summed E-state index contributed by atoms with van der Waals surface area (Å²) in [5.41, 5.74) is 1.08. The van der Waals surface area contributed by atoms with Gasteiger partial charge in [-0.1, -0.05) is 50.2 Å². The molecule has 0 aromatic heterocycles. The Morgan fingerprint density at radius 2 is 1.80 bits per heavy atom. The molecule has 242 valence electrons. The quantitative estimate of drug-likeness (QED) is 0.276. The molecule has 9 nitrogen and oxygen atoms in total. The molecule has 45 heavy (non-hydrogen) atoms. The van der Waals surface area contributed by atoms with E-state index in [0.29, 0.717) is 49.6 Å². The lowest BCUT2D eigenvalue weighted by Gasteiger charge is -2.65. The van der Waals surface area contributed by atoms with Crippen molar-refractivity contribution in [3.63, 3.8) is 0 Å². The highest BCUT2D eigenvalue weighted by atomic mass is 32.2. The lowest BCUT2D eigenvalue weighted by molar-refractivity contribution is -0.222. The van der Waals surface area contributed by atoms with Crippen LogP contribution in [-0.4, -0.2) is 73.0 Å². The summed E-state index contributed by atoms with van der Waals surface area (Å²) in [5.74, 6) is 0.660. The van der Waals surface area contributed by atoms with E-state index in [9.17, 15) is 18.0 Å². The molecule has 0 unspecified atom stereocenters. The van der Waals surface area contributed by atoms with Crippen molar-refractivity contribution in [3.05, 3.63) is 59.2 Å². The van der Waals surface area contributed by atoms with Crippen molar-refractivity contribution in [3.8, 4) is 11.5 Å². The fourth-order valence-electron chi connectivity index (χ4n) is 9.09. The second-order valence-electron chi connectivity index (χ2n) is 14.2. The number of esters is 2. The molecule has 3 aliphatic carbocycles. The summed E-state index contributed by atoms with van der Waals surface area (Å²) in [6.45, 7) is 9.02. The monoisotopic (exact) mass is 636 g/mol. The zero-order valence-electron chi connectivity index (χ0n) is 26.7. The first-order valence-corrected chi connectivity index (χ1v) is 18.0. The lowest BCUT2D eigenvalue weighted by Crippen LogP contribution is -2.79. The van der Waals surface area contributed by atoms with Crippen LogP contribution in [0.15, 0.2) is 42.5 Å². The minimum Gasteiger partial charge on any atom is -0.483 e. The molecule has 5 aliphatic rings. The summed E-state index contributed by atoms with van der Waals surface area (Å²) in [6, 6.07) is 12.6.